The van der Waals surface area contributed by atoms with Crippen molar-refractivity contribution in [2.45, 2.75) is 38.1 Å². The molecule has 2 aromatic carbocycles. The fraction of sp³-hybridized carbons (Fsp3) is 0.333. The summed E-state index contributed by atoms with van der Waals surface area (Å²) in [6.45, 7) is 4.47. The van der Waals surface area contributed by atoms with Crippen LogP contribution in [0.2, 0.25) is 5.02 Å². The van der Waals surface area contributed by atoms with Gasteiger partial charge in [-0.05, 0) is 41.0 Å². The first-order valence-electron chi connectivity index (χ1n) is 8.46. The highest BCUT2D eigenvalue weighted by molar-refractivity contribution is 6.33. The maximum atomic E-state index is 6.47. The first-order valence-corrected chi connectivity index (χ1v) is 8.84. The highest BCUT2D eigenvalue weighted by atomic mass is 35.5. The van der Waals surface area contributed by atoms with Crippen LogP contribution in [-0.2, 0) is 0 Å². The topological polar surface area (TPSA) is 12.0 Å². The van der Waals surface area contributed by atoms with E-state index in [0.29, 0.717) is 23.8 Å². The number of para-hydroxylation sites is 1. The third-order valence-electron chi connectivity index (χ3n) is 5.31. The van der Waals surface area contributed by atoms with Crippen molar-refractivity contribution >= 4 is 17.3 Å². The van der Waals surface area contributed by atoms with E-state index < -0.39 is 0 Å². The summed E-state index contributed by atoms with van der Waals surface area (Å²) in [5.74, 6) is 1.62. The summed E-state index contributed by atoms with van der Waals surface area (Å²) in [4.78, 5) is 0. The van der Waals surface area contributed by atoms with E-state index in [0.717, 1.165) is 17.1 Å². The molecule has 0 aromatic heterocycles. The molecule has 0 spiro atoms. The lowest BCUT2D eigenvalue weighted by molar-refractivity contribution is 0.425. The zero-order chi connectivity index (χ0) is 16.0. The summed E-state index contributed by atoms with van der Waals surface area (Å²) in [5.41, 5.74) is 5.20. The van der Waals surface area contributed by atoms with E-state index in [-0.39, 0.29) is 0 Å². The van der Waals surface area contributed by atoms with Gasteiger partial charge < -0.3 is 5.32 Å². The minimum Gasteiger partial charge on any atom is -0.376 e. The molecule has 0 radical (unpaired) electrons. The number of benzene rings is 2. The van der Waals surface area contributed by atoms with Crippen LogP contribution in [0.5, 0.6) is 0 Å². The second kappa shape index (κ2) is 5.72. The Kier molecular flexibility index (Phi) is 3.69. The smallest absolute Gasteiger partial charge is 0.0640 e. The minimum atomic E-state index is 0.323. The van der Waals surface area contributed by atoms with Gasteiger partial charge in [-0.15, -0.1) is 0 Å². The van der Waals surface area contributed by atoms with Crippen LogP contribution >= 0.6 is 11.6 Å². The lowest BCUT2D eigenvalue weighted by Gasteiger charge is -2.38. The van der Waals surface area contributed by atoms with Gasteiger partial charge in [0, 0.05) is 5.92 Å². The summed E-state index contributed by atoms with van der Waals surface area (Å²) < 4.78 is 0. The van der Waals surface area contributed by atoms with Crippen molar-refractivity contribution < 1.29 is 0 Å². The van der Waals surface area contributed by atoms with Gasteiger partial charge in [0.2, 0.25) is 0 Å². The molecule has 0 unspecified atom stereocenters. The van der Waals surface area contributed by atoms with Crippen molar-refractivity contribution in [3.63, 3.8) is 0 Å². The van der Waals surface area contributed by atoms with Crippen molar-refractivity contribution in [3.8, 4) is 0 Å². The molecule has 1 aliphatic carbocycles. The lowest BCUT2D eigenvalue weighted by Crippen LogP contribution is -2.29. The van der Waals surface area contributed by atoms with E-state index in [4.69, 9.17) is 11.6 Å². The maximum Gasteiger partial charge on any atom is 0.0640 e. The molecule has 1 aliphatic heterocycles. The molecule has 0 saturated heterocycles. The van der Waals surface area contributed by atoms with Gasteiger partial charge in [0.1, 0.15) is 0 Å². The van der Waals surface area contributed by atoms with E-state index in [1.807, 2.05) is 6.07 Å². The van der Waals surface area contributed by atoms with Gasteiger partial charge in [0.15, 0.2) is 0 Å². The molecule has 2 aromatic rings. The molecule has 1 N–H and O–H groups in total. The first kappa shape index (κ1) is 14.8. The summed E-state index contributed by atoms with van der Waals surface area (Å²) in [6, 6.07) is 15.7. The van der Waals surface area contributed by atoms with Crippen LogP contribution in [0.3, 0.4) is 0 Å². The van der Waals surface area contributed by atoms with Gasteiger partial charge >= 0.3 is 0 Å². The predicted molar refractivity (Wildman–Crippen MR) is 98.3 cm³/mol. The molecular formula is C21H22ClN. The molecule has 0 amide bonds. The summed E-state index contributed by atoms with van der Waals surface area (Å²) >= 11 is 6.47. The van der Waals surface area contributed by atoms with Crippen LogP contribution in [0.1, 0.15) is 54.8 Å². The Labute approximate surface area is 143 Å². The molecule has 3 atom stereocenters. The first-order chi connectivity index (χ1) is 11.1. The quantitative estimate of drug-likeness (QED) is 0.640. The molecule has 0 fully saturated rings. The Morgan fingerprint density at radius 2 is 1.87 bits per heavy atom. The molecule has 2 aliphatic rings. The van der Waals surface area contributed by atoms with Crippen molar-refractivity contribution in [1.29, 1.82) is 0 Å². The number of halogens is 1. The average molecular weight is 324 g/mol. The van der Waals surface area contributed by atoms with Crippen molar-refractivity contribution in [3.05, 3.63) is 76.3 Å². The zero-order valence-electron chi connectivity index (χ0n) is 13.6. The minimum absolute atomic E-state index is 0.323. The second-order valence-electron chi connectivity index (χ2n) is 7.00. The van der Waals surface area contributed by atoms with E-state index in [9.17, 15) is 0 Å². The Morgan fingerprint density at radius 1 is 1.09 bits per heavy atom. The Hall–Kier alpha value is -1.73. The van der Waals surface area contributed by atoms with Gasteiger partial charge in [-0.25, -0.2) is 0 Å². The normalized spacial score (nSPS) is 25.1. The molecule has 2 heteroatoms. The van der Waals surface area contributed by atoms with Crippen LogP contribution < -0.4 is 5.32 Å². The molecule has 4 rings (SSSR count). The maximum absolute atomic E-state index is 6.47. The predicted octanol–water partition coefficient (Wildman–Crippen LogP) is 6.29. The van der Waals surface area contributed by atoms with Crippen LogP contribution in [0, 0.1) is 5.92 Å². The van der Waals surface area contributed by atoms with Gasteiger partial charge in [-0.3, -0.25) is 0 Å². The fourth-order valence-corrected chi connectivity index (χ4v) is 4.24. The largest absolute Gasteiger partial charge is 0.376 e. The van der Waals surface area contributed by atoms with Crippen LogP contribution in [0.25, 0.3) is 0 Å². The fourth-order valence-electron chi connectivity index (χ4n) is 4.00. The third-order valence-corrected chi connectivity index (χ3v) is 5.62. The Balaban J connectivity index is 1.74. The summed E-state index contributed by atoms with van der Waals surface area (Å²) in [7, 11) is 0. The molecule has 0 saturated carbocycles. The van der Waals surface area contributed by atoms with Gasteiger partial charge in [-0.2, -0.15) is 0 Å². The van der Waals surface area contributed by atoms with Gasteiger partial charge in [-0.1, -0.05) is 74.0 Å². The van der Waals surface area contributed by atoms with Crippen molar-refractivity contribution in [1.82, 2.24) is 0 Å². The number of hydrogen-bond donors (Lipinski definition) is 1. The number of allylic oxidation sites excluding steroid dienone is 2. The molecule has 118 valence electrons. The van der Waals surface area contributed by atoms with Crippen LogP contribution in [0.15, 0.2) is 54.6 Å². The van der Waals surface area contributed by atoms with Crippen molar-refractivity contribution in [2.24, 2.45) is 5.92 Å². The second-order valence-corrected chi connectivity index (χ2v) is 7.41. The van der Waals surface area contributed by atoms with E-state index in [1.54, 1.807) is 0 Å². The molecule has 23 heavy (non-hydrogen) atoms. The lowest BCUT2D eigenvalue weighted by atomic mass is 9.77. The standard InChI is InChI=1S/C21H22ClN/c1-13(2)14-9-11-15(12-10-14)20-17-6-3-5-16(17)18-7-4-8-19(22)21(18)23-20/h3-5,7-13,16-17,20,23H,6H2,1-2H3/t16-,17-,20-/m0/s1. The SMILES string of the molecule is CC(C)c1ccc([C@@H]2Nc3c(Cl)cccc3[C@H]3C=CC[C@@H]32)cc1. The van der Waals surface area contributed by atoms with E-state index in [2.05, 4.69) is 67.7 Å². The number of anilines is 1. The van der Waals surface area contributed by atoms with Gasteiger partial charge in [0.25, 0.3) is 0 Å². The van der Waals surface area contributed by atoms with Gasteiger partial charge in [0.05, 0.1) is 16.8 Å². The Bertz CT molecular complexity index is 745. The number of hydrogen-bond acceptors (Lipinski definition) is 1. The number of fused-ring (bicyclic) bond motifs is 3. The summed E-state index contributed by atoms with van der Waals surface area (Å²) in [6.07, 6.45) is 5.80. The molecule has 1 nitrogen and oxygen atoms in total. The number of nitrogens with one attached hydrogen (secondary N) is 1. The summed E-state index contributed by atoms with van der Waals surface area (Å²) in [5, 5.41) is 4.55. The highest BCUT2D eigenvalue weighted by Gasteiger charge is 2.38. The highest BCUT2D eigenvalue weighted by Crippen LogP contribution is 2.51. The molecule has 0 bridgehead atoms. The molecular weight excluding hydrogens is 302 g/mol. The van der Waals surface area contributed by atoms with Crippen molar-refractivity contribution in [2.75, 3.05) is 5.32 Å². The number of rotatable bonds is 2. The monoisotopic (exact) mass is 323 g/mol. The Morgan fingerprint density at radius 3 is 2.61 bits per heavy atom. The van der Waals surface area contributed by atoms with E-state index in [1.165, 1.54) is 16.7 Å². The zero-order valence-corrected chi connectivity index (χ0v) is 14.3. The van der Waals surface area contributed by atoms with E-state index >= 15 is 0 Å². The average Bonchev–Trinajstić information content (AvgIpc) is 3.04. The third kappa shape index (κ3) is 2.48. The van der Waals surface area contributed by atoms with Crippen LogP contribution in [0.4, 0.5) is 5.69 Å². The van der Waals surface area contributed by atoms with Crippen LogP contribution in [-0.4, -0.2) is 0 Å². The molecule has 1 heterocycles.